The van der Waals surface area contributed by atoms with Crippen molar-refractivity contribution in [3.05, 3.63) is 10.1 Å². The number of nitrogens with zero attached hydrogens (tertiary/aromatic N) is 1. The fourth-order valence-corrected chi connectivity index (χ4v) is 0. The second-order valence-corrected chi connectivity index (χ2v) is 0.238. The standard InChI is InChI=1S/Cr.HNO3.9H2O/c;2-1(3)4;;;;;;;;;/h;(H,2,3,4);9*1H2. The Balaban J connectivity index is -0.000000001000. The molecule has 0 aromatic rings. The van der Waals surface area contributed by atoms with Gasteiger partial charge in [0, 0.05) is 17.4 Å². The first kappa shape index (κ1) is 364. The van der Waals surface area contributed by atoms with Crippen LogP contribution in [-0.2, 0) is 17.4 Å². The summed E-state index contributed by atoms with van der Waals surface area (Å²) in [5, 5.41) is 13.6. The topological polar surface area (TPSA) is 347 Å². The van der Waals surface area contributed by atoms with Gasteiger partial charge >= 0.3 is 0 Å². The molecule has 0 amide bonds. The smallest absolute Gasteiger partial charge is 0.291 e. The summed E-state index contributed by atoms with van der Waals surface area (Å²) in [7, 11) is 0. The Morgan fingerprint density at radius 1 is 0.714 bits per heavy atom. The Morgan fingerprint density at radius 2 is 0.714 bits per heavy atom. The first-order valence-corrected chi connectivity index (χ1v) is 0.565. The molecule has 0 aliphatic rings. The summed E-state index contributed by atoms with van der Waals surface area (Å²) < 4.78 is 0. The van der Waals surface area contributed by atoms with Gasteiger partial charge in [0.05, 0.1) is 0 Å². The van der Waals surface area contributed by atoms with Gasteiger partial charge < -0.3 is 54.5 Å². The van der Waals surface area contributed by atoms with Crippen molar-refractivity contribution < 1.29 is 76.9 Å². The molecular formula is H19CrNO12. The van der Waals surface area contributed by atoms with E-state index < -0.39 is 5.09 Å². The van der Waals surface area contributed by atoms with Crippen molar-refractivity contribution in [3.63, 3.8) is 0 Å². The summed E-state index contributed by atoms with van der Waals surface area (Å²) in [4.78, 5) is 8.36. The quantitative estimate of drug-likeness (QED) is 0.332. The molecular weight excluding hydrogens is 258 g/mol. The summed E-state index contributed by atoms with van der Waals surface area (Å²) in [6.45, 7) is 0. The first-order valence-electron chi connectivity index (χ1n) is 0.565. The third-order valence-electron chi connectivity index (χ3n) is 0. The molecule has 0 saturated heterocycles. The van der Waals surface area contributed by atoms with Crippen molar-refractivity contribution >= 4 is 0 Å². The van der Waals surface area contributed by atoms with Gasteiger partial charge in [0.2, 0.25) is 0 Å². The molecule has 0 unspecified atom stereocenters. The second-order valence-electron chi connectivity index (χ2n) is 0.238. The molecule has 0 saturated carbocycles. The normalized spacial score (nSPS) is 1.71. The van der Waals surface area contributed by atoms with Gasteiger partial charge in [-0.2, -0.15) is 0 Å². The Labute approximate surface area is 88.0 Å². The molecule has 0 aliphatic carbocycles. The van der Waals surface area contributed by atoms with E-state index in [9.17, 15) is 0 Å². The van der Waals surface area contributed by atoms with Crippen LogP contribution in [0.5, 0.6) is 0 Å². The molecule has 0 aromatic carbocycles. The Morgan fingerprint density at radius 3 is 0.714 bits per heavy atom. The number of hydrogen-bond donors (Lipinski definition) is 1. The van der Waals surface area contributed by atoms with Crippen LogP contribution in [-0.4, -0.2) is 59.6 Å². The number of rotatable bonds is 0. The predicted molar refractivity (Wildman–Crippen MR) is 41.3 cm³/mol. The van der Waals surface area contributed by atoms with Crippen LogP contribution in [0.15, 0.2) is 0 Å². The molecule has 0 bridgehead atoms. The van der Waals surface area contributed by atoms with Crippen LogP contribution in [0.3, 0.4) is 0 Å². The fourth-order valence-electron chi connectivity index (χ4n) is 0. The Hall–Kier alpha value is -0.628. The van der Waals surface area contributed by atoms with Gasteiger partial charge in [-0.3, -0.25) is 0 Å². The van der Waals surface area contributed by atoms with Gasteiger partial charge in [0.1, 0.15) is 0 Å². The van der Waals surface area contributed by atoms with E-state index >= 15 is 0 Å². The molecule has 13 nitrogen and oxygen atoms in total. The molecule has 0 fully saturated rings. The predicted octanol–water partition coefficient (Wildman–Crippen LogP) is -7.77. The van der Waals surface area contributed by atoms with Crippen molar-refractivity contribution in [3.8, 4) is 0 Å². The van der Waals surface area contributed by atoms with Crippen LogP contribution >= 0.6 is 0 Å². The number of hydrogen-bond acceptors (Lipinski definition) is 2. The molecule has 0 rings (SSSR count). The van der Waals surface area contributed by atoms with Crippen LogP contribution in [0, 0.1) is 10.1 Å². The molecule has 0 atom stereocenters. The second kappa shape index (κ2) is 284. The van der Waals surface area contributed by atoms with Gasteiger partial charge in [0.15, 0.2) is 0 Å². The summed E-state index contributed by atoms with van der Waals surface area (Å²) in [6, 6.07) is 0. The van der Waals surface area contributed by atoms with E-state index in [1.807, 2.05) is 0 Å². The fraction of sp³-hybridized carbons (Fsp3) is 0. The molecule has 14 heavy (non-hydrogen) atoms. The average Bonchev–Trinajstić information content (AvgIpc) is 0.811. The van der Waals surface area contributed by atoms with E-state index in [2.05, 4.69) is 0 Å². The SMILES string of the molecule is O.O.O.O.O.O.O.O.O.O=[N+]([O-])O.[Cr]. The van der Waals surface area contributed by atoms with Gasteiger partial charge in [0.25, 0.3) is 5.09 Å². The van der Waals surface area contributed by atoms with E-state index in [1.54, 1.807) is 0 Å². The minimum atomic E-state index is -1.50. The molecule has 0 heterocycles. The van der Waals surface area contributed by atoms with E-state index in [0.29, 0.717) is 0 Å². The van der Waals surface area contributed by atoms with Crippen molar-refractivity contribution in [2.75, 3.05) is 0 Å². The van der Waals surface area contributed by atoms with Crippen molar-refractivity contribution in [1.82, 2.24) is 0 Å². The monoisotopic (exact) mass is 277 g/mol. The minimum absolute atomic E-state index is 0. The average molecular weight is 277 g/mol. The van der Waals surface area contributed by atoms with Crippen LogP contribution in [0.25, 0.3) is 0 Å². The summed E-state index contributed by atoms with van der Waals surface area (Å²) in [5.41, 5.74) is 0. The van der Waals surface area contributed by atoms with Crippen LogP contribution in [0.4, 0.5) is 0 Å². The third-order valence-corrected chi connectivity index (χ3v) is 0. The zero-order valence-electron chi connectivity index (χ0n) is 6.62. The van der Waals surface area contributed by atoms with Crippen molar-refractivity contribution in [1.29, 1.82) is 0 Å². The van der Waals surface area contributed by atoms with E-state index in [0.717, 1.165) is 0 Å². The Bertz CT molecular complexity index is 33.3. The van der Waals surface area contributed by atoms with Gasteiger partial charge in [-0.25, -0.2) is 0 Å². The molecule has 14 heteroatoms. The maximum absolute atomic E-state index is 8.36. The van der Waals surface area contributed by atoms with E-state index in [1.165, 1.54) is 0 Å². The van der Waals surface area contributed by atoms with E-state index in [-0.39, 0.29) is 66.6 Å². The van der Waals surface area contributed by atoms with Crippen molar-refractivity contribution in [2.45, 2.75) is 0 Å². The minimum Gasteiger partial charge on any atom is -0.412 e. The molecule has 0 aliphatic heterocycles. The summed E-state index contributed by atoms with van der Waals surface area (Å²) in [5.74, 6) is 0. The van der Waals surface area contributed by atoms with Crippen LogP contribution in [0.1, 0.15) is 0 Å². The third kappa shape index (κ3) is 3110. The first-order chi connectivity index (χ1) is 1.73. The maximum atomic E-state index is 8.36. The van der Waals surface area contributed by atoms with Crippen molar-refractivity contribution in [2.24, 2.45) is 0 Å². The van der Waals surface area contributed by atoms with Crippen LogP contribution < -0.4 is 0 Å². The zero-order valence-corrected chi connectivity index (χ0v) is 7.89. The van der Waals surface area contributed by atoms with Gasteiger partial charge in [-0.15, -0.1) is 10.1 Å². The van der Waals surface area contributed by atoms with Crippen LogP contribution in [0.2, 0.25) is 0 Å². The molecule has 0 aromatic heterocycles. The van der Waals surface area contributed by atoms with E-state index in [4.69, 9.17) is 15.3 Å². The zero-order chi connectivity index (χ0) is 3.58. The largest absolute Gasteiger partial charge is 0.412 e. The van der Waals surface area contributed by atoms with Gasteiger partial charge in [-0.1, -0.05) is 0 Å². The molecule has 0 spiro atoms. The molecule has 19 N–H and O–H groups in total. The maximum Gasteiger partial charge on any atom is 0.291 e. The summed E-state index contributed by atoms with van der Waals surface area (Å²) in [6.07, 6.45) is 0. The summed E-state index contributed by atoms with van der Waals surface area (Å²) >= 11 is 0. The molecule has 102 valence electrons. The van der Waals surface area contributed by atoms with Gasteiger partial charge in [-0.05, 0) is 0 Å². The molecule has 0 radical (unpaired) electrons. The Kier molecular flexibility index (Phi) is 7390.